The van der Waals surface area contributed by atoms with E-state index in [1.807, 2.05) is 89.9 Å². The van der Waals surface area contributed by atoms with Crippen molar-refractivity contribution in [2.75, 3.05) is 12.1 Å². The fourth-order valence-corrected chi connectivity index (χ4v) is 4.95. The Morgan fingerprint density at radius 2 is 1.34 bits per heavy atom. The predicted molar refractivity (Wildman–Crippen MR) is 162 cm³/mol. The highest BCUT2D eigenvalue weighted by Gasteiger charge is 2.32. The van der Waals surface area contributed by atoms with Gasteiger partial charge in [0.15, 0.2) is 11.5 Å². The summed E-state index contributed by atoms with van der Waals surface area (Å²) < 4.78 is 18.3. The lowest BCUT2D eigenvalue weighted by Gasteiger charge is -2.24. The largest absolute Gasteiger partial charge is 0.496 e. The van der Waals surface area contributed by atoms with Crippen LogP contribution in [0.15, 0.2) is 133 Å². The van der Waals surface area contributed by atoms with Crippen LogP contribution in [0.3, 0.4) is 0 Å². The number of methoxy groups -OCH3 is 1. The number of anilines is 1. The van der Waals surface area contributed by atoms with E-state index in [9.17, 15) is 0 Å². The normalized spacial score (nSPS) is 14.4. The molecule has 0 fully saturated rings. The van der Waals surface area contributed by atoms with E-state index in [-0.39, 0.29) is 6.04 Å². The molecule has 0 aliphatic carbocycles. The lowest BCUT2D eigenvalue weighted by atomic mass is 9.97. The molecular weight excluding hydrogens is 510 g/mol. The van der Waals surface area contributed by atoms with E-state index in [2.05, 4.69) is 41.4 Å². The van der Waals surface area contributed by atoms with E-state index < -0.39 is 0 Å². The zero-order valence-corrected chi connectivity index (χ0v) is 22.9. The van der Waals surface area contributed by atoms with Gasteiger partial charge in [-0.05, 0) is 53.1 Å². The van der Waals surface area contributed by atoms with Crippen LogP contribution in [-0.4, -0.2) is 17.8 Å². The molecule has 0 radical (unpaired) electrons. The minimum atomic E-state index is -0.0907. The van der Waals surface area contributed by atoms with Gasteiger partial charge in [-0.3, -0.25) is 0 Å². The van der Waals surface area contributed by atoms with Crippen LogP contribution in [0.4, 0.5) is 5.82 Å². The number of hydrazone groups is 1. The van der Waals surface area contributed by atoms with Gasteiger partial charge in [0.25, 0.3) is 0 Å². The topological polar surface area (TPSA) is 56.2 Å². The van der Waals surface area contributed by atoms with Crippen LogP contribution in [0.2, 0.25) is 0 Å². The third-order valence-electron chi connectivity index (χ3n) is 7.04. The molecule has 0 saturated carbocycles. The molecule has 1 aliphatic heterocycles. The first-order chi connectivity index (χ1) is 20.3. The van der Waals surface area contributed by atoms with Gasteiger partial charge in [-0.15, -0.1) is 0 Å². The number of hydrogen-bond acceptors (Lipinski definition) is 6. The predicted octanol–water partition coefficient (Wildman–Crippen LogP) is 7.60. The number of benzene rings is 4. The van der Waals surface area contributed by atoms with Crippen molar-refractivity contribution in [3.63, 3.8) is 0 Å². The molecule has 41 heavy (non-hydrogen) atoms. The Labute approximate surface area is 240 Å². The van der Waals surface area contributed by atoms with Crippen molar-refractivity contribution in [3.05, 3.63) is 150 Å². The van der Waals surface area contributed by atoms with Crippen LogP contribution in [0.5, 0.6) is 17.2 Å². The first-order valence-corrected chi connectivity index (χ1v) is 13.7. The van der Waals surface area contributed by atoms with Crippen molar-refractivity contribution in [1.29, 1.82) is 0 Å². The van der Waals surface area contributed by atoms with Gasteiger partial charge in [0.1, 0.15) is 24.8 Å². The monoisotopic (exact) mass is 541 g/mol. The highest BCUT2D eigenvalue weighted by molar-refractivity contribution is 6.05. The lowest BCUT2D eigenvalue weighted by Crippen LogP contribution is -2.19. The molecule has 5 aromatic rings. The molecule has 6 rings (SSSR count). The number of aromatic nitrogens is 1. The van der Waals surface area contributed by atoms with Crippen molar-refractivity contribution >= 4 is 11.5 Å². The lowest BCUT2D eigenvalue weighted by molar-refractivity contribution is 0.255. The van der Waals surface area contributed by atoms with E-state index in [1.165, 1.54) is 0 Å². The summed E-state index contributed by atoms with van der Waals surface area (Å²) in [5.41, 5.74) is 5.15. The second-order valence-corrected chi connectivity index (χ2v) is 9.75. The van der Waals surface area contributed by atoms with Gasteiger partial charge in [0, 0.05) is 18.2 Å². The Kier molecular flexibility index (Phi) is 7.90. The zero-order valence-electron chi connectivity index (χ0n) is 22.9. The van der Waals surface area contributed by atoms with Crippen LogP contribution >= 0.6 is 0 Å². The number of para-hydroxylation sites is 1. The van der Waals surface area contributed by atoms with Gasteiger partial charge >= 0.3 is 0 Å². The fourth-order valence-electron chi connectivity index (χ4n) is 4.95. The maximum absolute atomic E-state index is 6.38. The van der Waals surface area contributed by atoms with Crippen molar-refractivity contribution in [1.82, 2.24) is 4.98 Å². The SMILES string of the molecule is COc1ccccc1C1=NN(c2ccccn2)C(c2ccc(OCc3ccccc3)c(OCc3ccccc3)c2)C1. The minimum Gasteiger partial charge on any atom is -0.496 e. The van der Waals surface area contributed by atoms with Gasteiger partial charge in [-0.25, -0.2) is 9.99 Å². The summed E-state index contributed by atoms with van der Waals surface area (Å²) in [7, 11) is 1.69. The standard InChI is InChI=1S/C35H31N3O3/c1-39-32-17-9-8-16-29(32)30-23-31(38(37-30)35-18-10-11-21-36-35)28-19-20-33(40-24-26-12-4-2-5-13-26)34(22-28)41-25-27-14-6-3-7-15-27/h2-22,31H,23-25H2,1H3. The van der Waals surface area contributed by atoms with Gasteiger partial charge < -0.3 is 14.2 Å². The van der Waals surface area contributed by atoms with Gasteiger partial charge in [-0.2, -0.15) is 5.10 Å². The molecule has 1 unspecified atom stereocenters. The van der Waals surface area contributed by atoms with E-state index in [4.69, 9.17) is 19.3 Å². The summed E-state index contributed by atoms with van der Waals surface area (Å²) in [6.07, 6.45) is 2.47. The second-order valence-electron chi connectivity index (χ2n) is 9.75. The Balaban J connectivity index is 1.34. The van der Waals surface area contributed by atoms with Crippen LogP contribution in [0, 0.1) is 0 Å². The summed E-state index contributed by atoms with van der Waals surface area (Å²) in [6.45, 7) is 0.885. The Hall–Kier alpha value is -5.10. The number of rotatable bonds is 10. The quantitative estimate of drug-likeness (QED) is 0.182. The van der Waals surface area contributed by atoms with Crippen molar-refractivity contribution in [2.24, 2.45) is 5.10 Å². The minimum absolute atomic E-state index is 0.0907. The van der Waals surface area contributed by atoms with Gasteiger partial charge in [0.2, 0.25) is 0 Å². The molecular formula is C35H31N3O3. The highest BCUT2D eigenvalue weighted by Crippen LogP contribution is 2.40. The number of nitrogens with zero attached hydrogens (tertiary/aromatic N) is 3. The third kappa shape index (κ3) is 6.07. The first-order valence-electron chi connectivity index (χ1n) is 13.7. The average molecular weight is 542 g/mol. The van der Waals surface area contributed by atoms with Crippen LogP contribution in [0.25, 0.3) is 0 Å². The van der Waals surface area contributed by atoms with Crippen molar-refractivity contribution in [3.8, 4) is 17.2 Å². The fraction of sp³-hybridized carbons (Fsp3) is 0.143. The molecule has 0 saturated heterocycles. The Bertz CT molecular complexity index is 1610. The number of pyridine rings is 1. The highest BCUT2D eigenvalue weighted by atomic mass is 16.5. The Morgan fingerprint density at radius 1 is 0.683 bits per heavy atom. The molecule has 2 heterocycles. The van der Waals surface area contributed by atoms with Gasteiger partial charge in [-0.1, -0.05) is 84.9 Å². The molecule has 1 atom stereocenters. The Morgan fingerprint density at radius 3 is 2.02 bits per heavy atom. The molecule has 204 valence electrons. The molecule has 6 heteroatoms. The smallest absolute Gasteiger partial charge is 0.162 e. The zero-order chi connectivity index (χ0) is 27.9. The second kappa shape index (κ2) is 12.4. The summed E-state index contributed by atoms with van der Waals surface area (Å²) >= 11 is 0. The molecule has 0 N–H and O–H groups in total. The summed E-state index contributed by atoms with van der Waals surface area (Å²) in [5, 5.41) is 7.04. The van der Waals surface area contributed by atoms with E-state index >= 15 is 0 Å². The van der Waals surface area contributed by atoms with Crippen LogP contribution in [-0.2, 0) is 13.2 Å². The maximum atomic E-state index is 6.38. The molecule has 1 aromatic heterocycles. The average Bonchev–Trinajstić information content (AvgIpc) is 3.50. The molecule has 4 aromatic carbocycles. The number of hydrogen-bond donors (Lipinski definition) is 0. The van der Waals surface area contributed by atoms with Crippen molar-refractivity contribution < 1.29 is 14.2 Å². The molecule has 1 aliphatic rings. The van der Waals surface area contributed by atoms with Crippen LogP contribution in [0.1, 0.15) is 34.7 Å². The van der Waals surface area contributed by atoms with Crippen LogP contribution < -0.4 is 19.2 Å². The van der Waals surface area contributed by atoms with E-state index in [0.717, 1.165) is 39.5 Å². The number of ether oxygens (including phenoxy) is 3. The molecule has 0 spiro atoms. The van der Waals surface area contributed by atoms with Gasteiger partial charge in [0.05, 0.1) is 18.9 Å². The molecule has 6 nitrogen and oxygen atoms in total. The summed E-state index contributed by atoms with van der Waals surface area (Å²) in [4.78, 5) is 4.62. The first kappa shape index (κ1) is 26.1. The molecule has 0 amide bonds. The third-order valence-corrected chi connectivity index (χ3v) is 7.04. The van der Waals surface area contributed by atoms with E-state index in [1.54, 1.807) is 13.3 Å². The van der Waals surface area contributed by atoms with Crippen molar-refractivity contribution in [2.45, 2.75) is 25.7 Å². The summed E-state index contributed by atoms with van der Waals surface area (Å²) in [6, 6.07) is 40.2. The van der Waals surface area contributed by atoms with E-state index in [0.29, 0.717) is 31.1 Å². The maximum Gasteiger partial charge on any atom is 0.162 e. The molecule has 0 bridgehead atoms. The summed E-state index contributed by atoms with van der Waals surface area (Å²) in [5.74, 6) is 2.96.